The second-order valence-corrected chi connectivity index (χ2v) is 3.77. The summed E-state index contributed by atoms with van der Waals surface area (Å²) in [4.78, 5) is 4.01. The van der Waals surface area contributed by atoms with Crippen molar-refractivity contribution in [1.82, 2.24) is 20.1 Å². The predicted molar refractivity (Wildman–Crippen MR) is 52.6 cm³/mol. The molecule has 0 spiro atoms. The molecule has 0 saturated carbocycles. The molecule has 0 aliphatic heterocycles. The SMILES string of the molecule is CC(C)Cn1ncnc1CNCC(F)F. The van der Waals surface area contributed by atoms with Crippen molar-refractivity contribution in [2.45, 2.75) is 33.4 Å². The second-order valence-electron chi connectivity index (χ2n) is 3.77. The molecule has 0 atom stereocenters. The Morgan fingerprint density at radius 2 is 2.20 bits per heavy atom. The van der Waals surface area contributed by atoms with E-state index in [1.54, 1.807) is 4.68 Å². The molecule has 0 radical (unpaired) electrons. The Labute approximate surface area is 87.7 Å². The number of halogens is 2. The quantitative estimate of drug-likeness (QED) is 0.782. The van der Waals surface area contributed by atoms with E-state index in [2.05, 4.69) is 29.2 Å². The maximum absolute atomic E-state index is 11.9. The Morgan fingerprint density at radius 3 is 2.80 bits per heavy atom. The molecular weight excluding hydrogens is 202 g/mol. The highest BCUT2D eigenvalue weighted by Crippen LogP contribution is 2.01. The lowest BCUT2D eigenvalue weighted by atomic mass is 10.2. The molecule has 1 aromatic heterocycles. The molecule has 15 heavy (non-hydrogen) atoms. The van der Waals surface area contributed by atoms with Crippen LogP contribution in [0, 0.1) is 5.92 Å². The van der Waals surface area contributed by atoms with E-state index in [1.807, 2.05) is 0 Å². The van der Waals surface area contributed by atoms with Crippen molar-refractivity contribution in [3.05, 3.63) is 12.2 Å². The van der Waals surface area contributed by atoms with Gasteiger partial charge in [0.2, 0.25) is 0 Å². The van der Waals surface area contributed by atoms with Gasteiger partial charge in [-0.1, -0.05) is 13.8 Å². The van der Waals surface area contributed by atoms with Crippen molar-refractivity contribution >= 4 is 0 Å². The minimum absolute atomic E-state index is 0.311. The van der Waals surface area contributed by atoms with Crippen LogP contribution in [0.3, 0.4) is 0 Å². The van der Waals surface area contributed by atoms with Gasteiger partial charge in [-0.2, -0.15) is 5.10 Å². The Hall–Kier alpha value is -1.04. The van der Waals surface area contributed by atoms with Crippen molar-refractivity contribution in [3.8, 4) is 0 Å². The van der Waals surface area contributed by atoms with Crippen LogP contribution in [0.15, 0.2) is 6.33 Å². The summed E-state index contributed by atoms with van der Waals surface area (Å²) in [6.45, 7) is 4.91. The molecule has 0 bridgehead atoms. The molecule has 0 aromatic carbocycles. The van der Waals surface area contributed by atoms with Crippen molar-refractivity contribution in [1.29, 1.82) is 0 Å². The fourth-order valence-corrected chi connectivity index (χ4v) is 1.22. The third kappa shape index (κ3) is 4.33. The Morgan fingerprint density at radius 1 is 1.47 bits per heavy atom. The first-order valence-electron chi connectivity index (χ1n) is 4.95. The molecule has 6 heteroatoms. The van der Waals surface area contributed by atoms with E-state index in [9.17, 15) is 8.78 Å². The molecule has 86 valence electrons. The molecular formula is C9H16F2N4. The summed E-state index contributed by atoms with van der Waals surface area (Å²) in [5.41, 5.74) is 0. The average molecular weight is 218 g/mol. The molecule has 0 aliphatic rings. The van der Waals surface area contributed by atoms with E-state index in [-0.39, 0.29) is 6.54 Å². The van der Waals surface area contributed by atoms with Gasteiger partial charge in [-0.05, 0) is 5.92 Å². The summed E-state index contributed by atoms with van der Waals surface area (Å²) < 4.78 is 25.5. The standard InChI is InChI=1S/C9H16F2N4/c1-7(2)5-15-9(13-6-14-15)4-12-3-8(10)11/h6-8,12H,3-5H2,1-2H3. The van der Waals surface area contributed by atoms with Crippen LogP contribution in [-0.2, 0) is 13.1 Å². The average Bonchev–Trinajstić information content (AvgIpc) is 2.51. The minimum Gasteiger partial charge on any atom is -0.304 e. The minimum atomic E-state index is -2.33. The largest absolute Gasteiger partial charge is 0.304 e. The lowest BCUT2D eigenvalue weighted by Crippen LogP contribution is -2.23. The zero-order valence-corrected chi connectivity index (χ0v) is 8.95. The van der Waals surface area contributed by atoms with Crippen LogP contribution in [0.25, 0.3) is 0 Å². The van der Waals surface area contributed by atoms with Crippen molar-refractivity contribution in [2.24, 2.45) is 5.92 Å². The number of nitrogens with zero attached hydrogens (tertiary/aromatic N) is 3. The van der Waals surface area contributed by atoms with Gasteiger partial charge >= 0.3 is 0 Å². The summed E-state index contributed by atoms with van der Waals surface area (Å²) >= 11 is 0. The molecule has 0 unspecified atom stereocenters. The van der Waals surface area contributed by atoms with E-state index >= 15 is 0 Å². The van der Waals surface area contributed by atoms with Gasteiger partial charge in [0, 0.05) is 6.54 Å². The molecule has 0 aliphatic carbocycles. The van der Waals surface area contributed by atoms with Crippen LogP contribution < -0.4 is 5.32 Å². The van der Waals surface area contributed by atoms with E-state index in [1.165, 1.54) is 6.33 Å². The molecule has 0 amide bonds. The third-order valence-electron chi connectivity index (χ3n) is 1.82. The highest BCUT2D eigenvalue weighted by atomic mass is 19.3. The van der Waals surface area contributed by atoms with Crippen molar-refractivity contribution in [3.63, 3.8) is 0 Å². The van der Waals surface area contributed by atoms with Crippen molar-refractivity contribution < 1.29 is 8.78 Å². The number of hydrogen-bond acceptors (Lipinski definition) is 3. The summed E-state index contributed by atoms with van der Waals surface area (Å²) in [5, 5.41) is 6.66. The fourth-order valence-electron chi connectivity index (χ4n) is 1.22. The molecule has 1 rings (SSSR count). The zero-order valence-electron chi connectivity index (χ0n) is 8.95. The van der Waals surface area contributed by atoms with E-state index in [4.69, 9.17) is 0 Å². The van der Waals surface area contributed by atoms with Crippen LogP contribution in [-0.4, -0.2) is 27.7 Å². The summed E-state index contributed by atoms with van der Waals surface area (Å²) in [6, 6.07) is 0. The highest BCUT2D eigenvalue weighted by molar-refractivity contribution is 4.84. The smallest absolute Gasteiger partial charge is 0.250 e. The first kappa shape index (κ1) is 12.0. The maximum Gasteiger partial charge on any atom is 0.250 e. The first-order valence-corrected chi connectivity index (χ1v) is 4.95. The van der Waals surface area contributed by atoms with Gasteiger partial charge in [0.05, 0.1) is 13.1 Å². The van der Waals surface area contributed by atoms with Crippen LogP contribution in [0.1, 0.15) is 19.7 Å². The molecule has 1 N–H and O–H groups in total. The summed E-state index contributed by atoms with van der Waals surface area (Å²) in [7, 11) is 0. The number of hydrogen-bond donors (Lipinski definition) is 1. The highest BCUT2D eigenvalue weighted by Gasteiger charge is 2.07. The van der Waals surface area contributed by atoms with Crippen molar-refractivity contribution in [2.75, 3.05) is 6.54 Å². The summed E-state index contributed by atoms with van der Waals surface area (Å²) in [5.74, 6) is 1.16. The van der Waals surface area contributed by atoms with Gasteiger partial charge in [-0.15, -0.1) is 0 Å². The van der Waals surface area contributed by atoms with E-state index in [0.29, 0.717) is 18.3 Å². The molecule has 1 aromatic rings. The van der Waals surface area contributed by atoms with Crippen LogP contribution in [0.4, 0.5) is 8.78 Å². The Balaban J connectivity index is 2.43. The van der Waals surface area contributed by atoms with E-state index in [0.717, 1.165) is 6.54 Å². The summed E-state index contributed by atoms with van der Waals surface area (Å²) in [6.07, 6.45) is -0.881. The number of nitrogens with one attached hydrogen (secondary N) is 1. The number of rotatable bonds is 6. The van der Waals surface area contributed by atoms with Gasteiger partial charge < -0.3 is 5.32 Å². The Kier molecular flexibility index (Phi) is 4.61. The van der Waals surface area contributed by atoms with Gasteiger partial charge in [0.25, 0.3) is 6.43 Å². The van der Waals surface area contributed by atoms with Crippen LogP contribution in [0.2, 0.25) is 0 Å². The fraction of sp³-hybridized carbons (Fsp3) is 0.778. The second kappa shape index (κ2) is 5.75. The lowest BCUT2D eigenvalue weighted by molar-refractivity contribution is 0.145. The van der Waals surface area contributed by atoms with Gasteiger partial charge in [0.15, 0.2) is 0 Å². The van der Waals surface area contributed by atoms with Gasteiger partial charge in [-0.3, -0.25) is 0 Å². The van der Waals surface area contributed by atoms with Crippen LogP contribution in [0.5, 0.6) is 0 Å². The van der Waals surface area contributed by atoms with Gasteiger partial charge in [-0.25, -0.2) is 18.4 Å². The molecule has 4 nitrogen and oxygen atoms in total. The first-order chi connectivity index (χ1) is 7.09. The maximum atomic E-state index is 11.9. The topological polar surface area (TPSA) is 42.7 Å². The van der Waals surface area contributed by atoms with E-state index < -0.39 is 6.43 Å². The normalized spacial score (nSPS) is 11.6. The molecule has 0 fully saturated rings. The zero-order chi connectivity index (χ0) is 11.3. The lowest BCUT2D eigenvalue weighted by Gasteiger charge is -2.08. The van der Waals surface area contributed by atoms with Gasteiger partial charge in [0.1, 0.15) is 12.2 Å². The van der Waals surface area contributed by atoms with Crippen LogP contribution >= 0.6 is 0 Å². The number of alkyl halides is 2. The Bertz CT molecular complexity index is 285. The monoisotopic (exact) mass is 218 g/mol. The molecule has 0 saturated heterocycles. The molecule has 1 heterocycles. The third-order valence-corrected chi connectivity index (χ3v) is 1.82. The number of aromatic nitrogens is 3. The predicted octanol–water partition coefficient (Wildman–Crippen LogP) is 1.29.